The summed E-state index contributed by atoms with van der Waals surface area (Å²) >= 11 is 0. The zero-order valence-corrected chi connectivity index (χ0v) is 11.1. The molecule has 0 spiro atoms. The normalized spacial score (nSPS) is 25.4. The minimum absolute atomic E-state index is 0.462. The number of aryl methyl sites for hydroxylation is 1. The lowest BCUT2D eigenvalue weighted by Gasteiger charge is -2.38. The van der Waals surface area contributed by atoms with Gasteiger partial charge in [-0.1, -0.05) is 29.8 Å². The van der Waals surface area contributed by atoms with Crippen LogP contribution in [0.3, 0.4) is 0 Å². The Bertz CT molecular complexity index is 358. The van der Waals surface area contributed by atoms with Crippen LogP contribution in [-0.2, 0) is 4.74 Å². The van der Waals surface area contributed by atoms with E-state index in [1.54, 1.807) is 7.11 Å². The van der Waals surface area contributed by atoms with Gasteiger partial charge in [0.05, 0.1) is 6.61 Å². The summed E-state index contributed by atoms with van der Waals surface area (Å²) in [4.78, 5) is 0. The summed E-state index contributed by atoms with van der Waals surface area (Å²) in [6.07, 6.45) is 2.52. The van der Waals surface area contributed by atoms with E-state index in [2.05, 4.69) is 43.4 Å². The van der Waals surface area contributed by atoms with E-state index in [4.69, 9.17) is 4.74 Å². The van der Waals surface area contributed by atoms with Crippen molar-refractivity contribution in [1.29, 1.82) is 0 Å². The lowest BCUT2D eigenvalue weighted by Crippen LogP contribution is -2.45. The van der Waals surface area contributed by atoms with Crippen molar-refractivity contribution in [3.05, 3.63) is 35.4 Å². The van der Waals surface area contributed by atoms with E-state index in [9.17, 15) is 0 Å². The first-order valence-corrected chi connectivity index (χ1v) is 6.50. The number of nitrogens with one attached hydrogen (secondary N) is 1. The zero-order chi connectivity index (χ0) is 12.3. The molecule has 1 N–H and O–H groups in total. The molecule has 0 aromatic heterocycles. The molecule has 2 nitrogen and oxygen atoms in total. The summed E-state index contributed by atoms with van der Waals surface area (Å²) in [5.74, 6) is 0.752. The minimum Gasteiger partial charge on any atom is -0.383 e. The second kappa shape index (κ2) is 5.65. The van der Waals surface area contributed by atoms with Gasteiger partial charge in [-0.3, -0.25) is 0 Å². The van der Waals surface area contributed by atoms with Crippen molar-refractivity contribution in [2.45, 2.75) is 44.7 Å². The van der Waals surface area contributed by atoms with Crippen LogP contribution in [0.1, 0.15) is 36.8 Å². The first-order chi connectivity index (χ1) is 8.19. The maximum absolute atomic E-state index is 5.14. The third-order valence-electron chi connectivity index (χ3n) is 3.59. The van der Waals surface area contributed by atoms with Crippen LogP contribution < -0.4 is 5.32 Å². The van der Waals surface area contributed by atoms with E-state index < -0.39 is 0 Å². The van der Waals surface area contributed by atoms with Gasteiger partial charge in [0, 0.05) is 19.2 Å². The molecule has 2 heteroatoms. The van der Waals surface area contributed by atoms with E-state index in [0.717, 1.165) is 12.5 Å². The molecule has 0 amide bonds. The van der Waals surface area contributed by atoms with Crippen molar-refractivity contribution in [3.63, 3.8) is 0 Å². The van der Waals surface area contributed by atoms with Crippen LogP contribution in [-0.4, -0.2) is 25.8 Å². The summed E-state index contributed by atoms with van der Waals surface area (Å²) in [7, 11) is 1.76. The first-order valence-electron chi connectivity index (χ1n) is 6.50. The van der Waals surface area contributed by atoms with E-state index in [1.165, 1.54) is 24.0 Å². The Kier molecular flexibility index (Phi) is 4.19. The van der Waals surface area contributed by atoms with Gasteiger partial charge in [-0.25, -0.2) is 0 Å². The van der Waals surface area contributed by atoms with Crippen molar-refractivity contribution < 1.29 is 4.74 Å². The highest BCUT2D eigenvalue weighted by atomic mass is 16.5. The predicted octanol–water partition coefficient (Wildman–Crippen LogP) is 2.87. The van der Waals surface area contributed by atoms with Crippen molar-refractivity contribution in [2.75, 3.05) is 13.7 Å². The van der Waals surface area contributed by atoms with Crippen molar-refractivity contribution >= 4 is 0 Å². The summed E-state index contributed by atoms with van der Waals surface area (Å²) < 4.78 is 5.14. The molecule has 0 bridgehead atoms. The largest absolute Gasteiger partial charge is 0.383 e. The summed E-state index contributed by atoms with van der Waals surface area (Å²) in [6, 6.07) is 10.0. The molecule has 0 saturated heterocycles. The third kappa shape index (κ3) is 3.30. The van der Waals surface area contributed by atoms with Crippen LogP contribution in [0, 0.1) is 6.92 Å². The molecule has 1 fully saturated rings. The van der Waals surface area contributed by atoms with Gasteiger partial charge in [-0.05, 0) is 38.2 Å². The van der Waals surface area contributed by atoms with Gasteiger partial charge >= 0.3 is 0 Å². The lowest BCUT2D eigenvalue weighted by molar-refractivity contribution is 0.152. The quantitative estimate of drug-likeness (QED) is 0.844. The molecule has 1 aliphatic rings. The average Bonchev–Trinajstić information content (AvgIpc) is 2.23. The van der Waals surface area contributed by atoms with Gasteiger partial charge in [0.2, 0.25) is 0 Å². The Morgan fingerprint density at radius 2 is 2.18 bits per heavy atom. The Hall–Kier alpha value is -0.860. The van der Waals surface area contributed by atoms with Crippen molar-refractivity contribution in [2.24, 2.45) is 0 Å². The molecule has 1 atom stereocenters. The molecular formula is C15H23NO. The van der Waals surface area contributed by atoms with Gasteiger partial charge in [0.25, 0.3) is 0 Å². The Morgan fingerprint density at radius 3 is 2.82 bits per heavy atom. The van der Waals surface area contributed by atoms with Crippen LogP contribution in [0.5, 0.6) is 0 Å². The van der Waals surface area contributed by atoms with Crippen LogP contribution in [0.4, 0.5) is 0 Å². The molecule has 1 aromatic rings. The fourth-order valence-corrected chi connectivity index (χ4v) is 2.65. The standard InChI is InChI=1S/C15H23NO/c1-11-5-4-6-13(7-11)14-8-15(9-14)16-12(2)10-17-3/h4-7,12,14-16H,8-10H2,1-3H3. The topological polar surface area (TPSA) is 21.3 Å². The van der Waals surface area contributed by atoms with Gasteiger partial charge in [-0.15, -0.1) is 0 Å². The van der Waals surface area contributed by atoms with Crippen molar-refractivity contribution in [3.8, 4) is 0 Å². The fourth-order valence-electron chi connectivity index (χ4n) is 2.65. The number of benzene rings is 1. The minimum atomic E-state index is 0.462. The molecule has 2 rings (SSSR count). The van der Waals surface area contributed by atoms with Crippen LogP contribution in [0.15, 0.2) is 24.3 Å². The Balaban J connectivity index is 1.79. The molecule has 1 unspecified atom stereocenters. The molecule has 0 heterocycles. The van der Waals surface area contributed by atoms with E-state index >= 15 is 0 Å². The Labute approximate surface area is 104 Å². The Morgan fingerprint density at radius 1 is 1.41 bits per heavy atom. The van der Waals surface area contributed by atoms with Gasteiger partial charge in [0.1, 0.15) is 0 Å². The zero-order valence-electron chi connectivity index (χ0n) is 11.1. The average molecular weight is 233 g/mol. The lowest BCUT2D eigenvalue weighted by atomic mass is 9.75. The molecular weight excluding hydrogens is 210 g/mol. The van der Waals surface area contributed by atoms with Gasteiger partial charge < -0.3 is 10.1 Å². The SMILES string of the molecule is COCC(C)NC1CC(c2cccc(C)c2)C1. The molecule has 1 aliphatic carbocycles. The number of methoxy groups -OCH3 is 1. The molecule has 94 valence electrons. The highest BCUT2D eigenvalue weighted by Gasteiger charge is 2.30. The number of hydrogen-bond acceptors (Lipinski definition) is 2. The van der Waals surface area contributed by atoms with E-state index in [-0.39, 0.29) is 0 Å². The fraction of sp³-hybridized carbons (Fsp3) is 0.600. The van der Waals surface area contributed by atoms with Gasteiger partial charge in [0.15, 0.2) is 0 Å². The van der Waals surface area contributed by atoms with Gasteiger partial charge in [-0.2, -0.15) is 0 Å². The maximum atomic E-state index is 5.14. The number of hydrogen-bond donors (Lipinski definition) is 1. The third-order valence-corrected chi connectivity index (χ3v) is 3.59. The molecule has 17 heavy (non-hydrogen) atoms. The van der Waals surface area contributed by atoms with Crippen molar-refractivity contribution in [1.82, 2.24) is 5.32 Å². The molecule has 1 aromatic carbocycles. The summed E-state index contributed by atoms with van der Waals surface area (Å²) in [6.45, 7) is 5.15. The summed E-state index contributed by atoms with van der Waals surface area (Å²) in [5, 5.41) is 3.61. The molecule has 1 saturated carbocycles. The molecule has 0 aliphatic heterocycles. The van der Waals surface area contributed by atoms with Crippen LogP contribution >= 0.6 is 0 Å². The number of ether oxygens (including phenoxy) is 1. The van der Waals surface area contributed by atoms with Crippen LogP contribution in [0.2, 0.25) is 0 Å². The maximum Gasteiger partial charge on any atom is 0.0613 e. The number of rotatable bonds is 5. The monoisotopic (exact) mass is 233 g/mol. The van der Waals surface area contributed by atoms with Crippen LogP contribution in [0.25, 0.3) is 0 Å². The predicted molar refractivity (Wildman–Crippen MR) is 71.4 cm³/mol. The molecule has 0 radical (unpaired) electrons. The van der Waals surface area contributed by atoms with E-state index in [1.807, 2.05) is 0 Å². The van der Waals surface area contributed by atoms with E-state index in [0.29, 0.717) is 12.1 Å². The first kappa shape index (κ1) is 12.6. The highest BCUT2D eigenvalue weighted by Crippen LogP contribution is 2.37. The highest BCUT2D eigenvalue weighted by molar-refractivity contribution is 5.27. The smallest absolute Gasteiger partial charge is 0.0613 e. The summed E-state index contributed by atoms with van der Waals surface area (Å²) in [5.41, 5.74) is 2.87. The second-order valence-corrected chi connectivity index (χ2v) is 5.30. The second-order valence-electron chi connectivity index (χ2n) is 5.30.